The first-order valence-corrected chi connectivity index (χ1v) is 9.00. The molecule has 0 spiro atoms. The highest BCUT2D eigenvalue weighted by Gasteiger charge is 2.35. The molecule has 2 fully saturated rings. The van der Waals surface area contributed by atoms with Crippen molar-refractivity contribution in [3.05, 3.63) is 29.8 Å². The average Bonchev–Trinajstić information content (AvgIpc) is 2.98. The van der Waals surface area contributed by atoms with Gasteiger partial charge in [-0.25, -0.2) is 9.97 Å². The molecule has 2 aromatic rings. The Kier molecular flexibility index (Phi) is 4.67. The second-order valence-corrected chi connectivity index (χ2v) is 6.89. The number of nitrogens with one attached hydrogen (secondary N) is 1. The molecule has 2 aliphatic rings. The molecule has 1 amide bonds. The van der Waals surface area contributed by atoms with Gasteiger partial charge in [-0.1, -0.05) is 0 Å². The Morgan fingerprint density at radius 1 is 1.24 bits per heavy atom. The number of carbonyl (C=O) groups is 1. The summed E-state index contributed by atoms with van der Waals surface area (Å²) in [7, 11) is 0. The molecule has 0 radical (unpaired) electrons. The third kappa shape index (κ3) is 3.26. The fraction of sp³-hybridized carbons (Fsp3) is 0.611. The lowest BCUT2D eigenvalue weighted by atomic mass is 9.79. The fourth-order valence-corrected chi connectivity index (χ4v) is 4.06. The zero-order valence-electron chi connectivity index (χ0n) is 14.5. The van der Waals surface area contributed by atoms with Crippen molar-refractivity contribution in [2.45, 2.75) is 32.2 Å². The highest BCUT2D eigenvalue weighted by Crippen LogP contribution is 2.30. The molecule has 2 saturated heterocycles. The molecule has 0 saturated carbocycles. The molecule has 25 heavy (non-hydrogen) atoms. The van der Waals surface area contributed by atoms with Crippen LogP contribution in [0.3, 0.4) is 0 Å². The monoisotopic (exact) mass is 344 g/mol. The molecule has 1 N–H and O–H groups in total. The number of ether oxygens (including phenoxy) is 2. The Balaban J connectivity index is 1.54. The number of hydrogen-bond acceptors (Lipinski definition) is 5. The van der Waals surface area contributed by atoms with Crippen LogP contribution in [0, 0.1) is 18.8 Å². The van der Waals surface area contributed by atoms with Crippen LogP contribution >= 0.6 is 0 Å². The topological polar surface area (TPSA) is 77.8 Å². The van der Waals surface area contributed by atoms with E-state index in [1.807, 2.05) is 19.2 Å². The smallest absolute Gasteiger partial charge is 0.270 e. The van der Waals surface area contributed by atoms with E-state index in [2.05, 4.69) is 15.3 Å². The van der Waals surface area contributed by atoms with Crippen molar-refractivity contribution in [1.82, 2.24) is 19.7 Å². The van der Waals surface area contributed by atoms with Crippen LogP contribution in [0.15, 0.2) is 18.5 Å². The predicted molar refractivity (Wildman–Crippen MR) is 91.4 cm³/mol. The lowest BCUT2D eigenvalue weighted by Gasteiger charge is -2.39. The molecule has 0 unspecified atom stereocenters. The molecular weight excluding hydrogens is 320 g/mol. The first kappa shape index (κ1) is 16.5. The number of aromatic nitrogens is 3. The summed E-state index contributed by atoms with van der Waals surface area (Å²) in [4.78, 5) is 21.6. The van der Waals surface area contributed by atoms with Gasteiger partial charge in [0.1, 0.15) is 5.69 Å². The standard InChI is InChI=1S/C18H24N4O3/c1-12-16(22-7-2-6-19-18(22)20-12)17(23)21-15-5-10-25-11-14(15)13-3-8-24-9-4-13/h2,6-7,13-15H,3-5,8-11H2,1H3,(H,21,23)/t14-,15-/m0/s1. The lowest BCUT2D eigenvalue weighted by Crippen LogP contribution is -2.49. The average molecular weight is 344 g/mol. The molecule has 0 aromatic carbocycles. The van der Waals surface area contributed by atoms with Crippen molar-refractivity contribution in [3.63, 3.8) is 0 Å². The highest BCUT2D eigenvalue weighted by atomic mass is 16.5. The maximum Gasteiger partial charge on any atom is 0.270 e. The van der Waals surface area contributed by atoms with Gasteiger partial charge < -0.3 is 14.8 Å². The van der Waals surface area contributed by atoms with Gasteiger partial charge in [-0.05, 0) is 38.2 Å². The molecule has 4 heterocycles. The SMILES string of the molecule is Cc1nc2ncccn2c1C(=O)N[C@H]1CCOC[C@H]1C1CCOCC1. The van der Waals surface area contributed by atoms with Crippen molar-refractivity contribution < 1.29 is 14.3 Å². The number of rotatable bonds is 3. The largest absolute Gasteiger partial charge is 0.381 e. The summed E-state index contributed by atoms with van der Waals surface area (Å²) in [6.45, 7) is 4.87. The number of aryl methyl sites for hydroxylation is 1. The van der Waals surface area contributed by atoms with Crippen LogP contribution in [0.4, 0.5) is 0 Å². The normalized spacial score (nSPS) is 25.2. The van der Waals surface area contributed by atoms with Crippen molar-refractivity contribution in [2.24, 2.45) is 11.8 Å². The van der Waals surface area contributed by atoms with Crippen molar-refractivity contribution in [3.8, 4) is 0 Å². The summed E-state index contributed by atoms with van der Waals surface area (Å²) in [5, 5.41) is 3.25. The molecule has 2 aromatic heterocycles. The van der Waals surface area contributed by atoms with Crippen LogP contribution in [0.1, 0.15) is 35.4 Å². The van der Waals surface area contributed by atoms with Crippen molar-refractivity contribution >= 4 is 11.7 Å². The third-order valence-electron chi connectivity index (χ3n) is 5.38. The molecule has 0 bridgehead atoms. The molecule has 4 rings (SSSR count). The van der Waals surface area contributed by atoms with Crippen LogP contribution < -0.4 is 5.32 Å². The van der Waals surface area contributed by atoms with Crippen LogP contribution in [0.2, 0.25) is 0 Å². The van der Waals surface area contributed by atoms with Gasteiger partial charge >= 0.3 is 0 Å². The van der Waals surface area contributed by atoms with E-state index in [-0.39, 0.29) is 11.9 Å². The number of nitrogens with zero attached hydrogens (tertiary/aromatic N) is 3. The van der Waals surface area contributed by atoms with Gasteiger partial charge in [0.2, 0.25) is 5.78 Å². The number of imidazole rings is 1. The van der Waals surface area contributed by atoms with E-state index in [1.54, 1.807) is 10.6 Å². The summed E-state index contributed by atoms with van der Waals surface area (Å²) in [6, 6.07) is 1.94. The predicted octanol–water partition coefficient (Wildman–Crippen LogP) is 1.60. The molecule has 7 heteroatoms. The fourth-order valence-electron chi connectivity index (χ4n) is 4.06. The second-order valence-electron chi connectivity index (χ2n) is 6.89. The van der Waals surface area contributed by atoms with Crippen LogP contribution in [0.5, 0.6) is 0 Å². The van der Waals surface area contributed by atoms with Gasteiger partial charge in [-0.15, -0.1) is 0 Å². The van der Waals surface area contributed by atoms with Gasteiger partial charge in [-0.2, -0.15) is 0 Å². The van der Waals surface area contributed by atoms with Crippen LogP contribution in [-0.4, -0.2) is 52.7 Å². The Morgan fingerprint density at radius 3 is 2.88 bits per heavy atom. The Labute approximate surface area is 146 Å². The van der Waals surface area contributed by atoms with Gasteiger partial charge in [0.05, 0.1) is 12.3 Å². The van der Waals surface area contributed by atoms with E-state index in [9.17, 15) is 4.79 Å². The summed E-state index contributed by atoms with van der Waals surface area (Å²) < 4.78 is 13.0. The van der Waals surface area contributed by atoms with E-state index >= 15 is 0 Å². The molecule has 7 nitrogen and oxygen atoms in total. The van der Waals surface area contributed by atoms with E-state index < -0.39 is 0 Å². The summed E-state index contributed by atoms with van der Waals surface area (Å²) in [5.41, 5.74) is 1.27. The van der Waals surface area contributed by atoms with Gasteiger partial charge in [0.15, 0.2) is 0 Å². The van der Waals surface area contributed by atoms with Gasteiger partial charge in [0.25, 0.3) is 5.91 Å². The summed E-state index contributed by atoms with van der Waals surface area (Å²) in [6.07, 6.45) is 6.44. The van der Waals surface area contributed by atoms with E-state index in [1.165, 1.54) is 0 Å². The molecule has 134 valence electrons. The van der Waals surface area contributed by atoms with E-state index in [0.29, 0.717) is 42.2 Å². The number of amides is 1. The Bertz CT molecular complexity index is 754. The second kappa shape index (κ2) is 7.09. The maximum absolute atomic E-state index is 13.0. The minimum atomic E-state index is -0.0815. The Hall–Kier alpha value is -1.99. The summed E-state index contributed by atoms with van der Waals surface area (Å²) in [5.74, 6) is 1.36. The maximum atomic E-state index is 13.0. The Morgan fingerprint density at radius 2 is 2.04 bits per heavy atom. The van der Waals surface area contributed by atoms with E-state index in [0.717, 1.165) is 32.5 Å². The van der Waals surface area contributed by atoms with Crippen LogP contribution in [0.25, 0.3) is 5.78 Å². The first-order chi connectivity index (χ1) is 12.2. The quantitative estimate of drug-likeness (QED) is 0.915. The zero-order valence-corrected chi connectivity index (χ0v) is 14.5. The number of fused-ring (bicyclic) bond motifs is 1. The minimum absolute atomic E-state index is 0.0815. The molecule has 2 aliphatic heterocycles. The van der Waals surface area contributed by atoms with E-state index in [4.69, 9.17) is 9.47 Å². The van der Waals surface area contributed by atoms with Crippen LogP contribution in [-0.2, 0) is 9.47 Å². The van der Waals surface area contributed by atoms with Gasteiger partial charge in [-0.3, -0.25) is 9.20 Å². The summed E-state index contributed by atoms with van der Waals surface area (Å²) >= 11 is 0. The minimum Gasteiger partial charge on any atom is -0.381 e. The zero-order chi connectivity index (χ0) is 17.2. The lowest BCUT2D eigenvalue weighted by molar-refractivity contribution is -0.0259. The molecular formula is C18H24N4O3. The number of carbonyl (C=O) groups excluding carboxylic acids is 1. The first-order valence-electron chi connectivity index (χ1n) is 9.00. The highest BCUT2D eigenvalue weighted by molar-refractivity contribution is 5.94. The van der Waals surface area contributed by atoms with Gasteiger partial charge in [0, 0.05) is 44.2 Å². The van der Waals surface area contributed by atoms with Crippen molar-refractivity contribution in [2.75, 3.05) is 26.4 Å². The molecule has 0 aliphatic carbocycles. The third-order valence-corrected chi connectivity index (χ3v) is 5.38. The molecule has 2 atom stereocenters. The number of hydrogen-bond donors (Lipinski definition) is 1. The van der Waals surface area contributed by atoms with Crippen molar-refractivity contribution in [1.29, 1.82) is 0 Å².